The van der Waals surface area contributed by atoms with E-state index >= 15 is 0 Å². The average Bonchev–Trinajstić information content (AvgIpc) is 2.73. The number of esters is 1. The summed E-state index contributed by atoms with van der Waals surface area (Å²) in [6.45, 7) is 1.79. The highest BCUT2D eigenvalue weighted by atomic mass is 16.5. The molecule has 4 heteroatoms. The van der Waals surface area contributed by atoms with Crippen LogP contribution in [0.5, 0.6) is 0 Å². The Morgan fingerprint density at radius 2 is 1.33 bits per heavy atom. The van der Waals surface area contributed by atoms with Gasteiger partial charge in [0.25, 0.3) is 0 Å². The molecule has 0 spiro atoms. The first kappa shape index (κ1) is 18.4. The Morgan fingerprint density at radius 3 is 1.81 bits per heavy atom. The van der Waals surface area contributed by atoms with E-state index in [0.29, 0.717) is 17.7 Å². The third kappa shape index (κ3) is 4.82. The maximum Gasteiger partial charge on any atom is 0.339 e. The van der Waals surface area contributed by atoms with Gasteiger partial charge in [-0.15, -0.1) is 0 Å². The van der Waals surface area contributed by atoms with Gasteiger partial charge in [0.15, 0.2) is 6.10 Å². The van der Waals surface area contributed by atoms with E-state index in [2.05, 4.69) is 5.32 Å². The summed E-state index contributed by atoms with van der Waals surface area (Å²) < 4.78 is 5.82. The second-order valence-corrected chi connectivity index (χ2v) is 6.09. The van der Waals surface area contributed by atoms with E-state index in [1.165, 1.54) is 0 Å². The van der Waals surface area contributed by atoms with Crippen molar-refractivity contribution < 1.29 is 14.3 Å². The molecule has 0 aliphatic heterocycles. The molecular formula is C23H21NO3. The van der Waals surface area contributed by atoms with Crippen LogP contribution < -0.4 is 5.32 Å². The van der Waals surface area contributed by atoms with Gasteiger partial charge in [-0.3, -0.25) is 4.79 Å². The molecule has 0 bridgehead atoms. The molecular weight excluding hydrogens is 338 g/mol. The summed E-state index contributed by atoms with van der Waals surface area (Å²) in [5, 5.41) is 2.76. The molecule has 0 heterocycles. The summed E-state index contributed by atoms with van der Waals surface area (Å²) in [6, 6.07) is 26.0. The second-order valence-electron chi connectivity index (χ2n) is 6.09. The molecule has 0 saturated carbocycles. The van der Waals surface area contributed by atoms with Crippen LogP contribution in [0.25, 0.3) is 0 Å². The van der Waals surface area contributed by atoms with Gasteiger partial charge in [-0.05, 0) is 35.4 Å². The lowest BCUT2D eigenvalue weighted by molar-refractivity contribution is -0.115. The maximum atomic E-state index is 12.7. The molecule has 0 fully saturated rings. The largest absolute Gasteiger partial charge is 0.449 e. The summed E-state index contributed by atoms with van der Waals surface area (Å²) in [7, 11) is 0. The van der Waals surface area contributed by atoms with Crippen LogP contribution in [-0.4, -0.2) is 11.9 Å². The van der Waals surface area contributed by atoms with Crippen molar-refractivity contribution in [2.24, 2.45) is 0 Å². The smallest absolute Gasteiger partial charge is 0.339 e. The summed E-state index contributed by atoms with van der Waals surface area (Å²) in [4.78, 5) is 24.1. The fourth-order valence-corrected chi connectivity index (χ4v) is 2.70. The minimum Gasteiger partial charge on any atom is -0.449 e. The normalized spacial score (nSPS) is 10.4. The molecule has 3 rings (SSSR count). The second kappa shape index (κ2) is 8.81. The standard InChI is InChI=1S/C23H21NO3/c1-2-21(25)24-20-15-13-19(14-16-20)23(26)27-22(17-9-5-3-6-10-17)18-11-7-4-8-12-18/h3-16,22H,2H2,1H3,(H,24,25). The van der Waals surface area contributed by atoms with Crippen LogP contribution >= 0.6 is 0 Å². The molecule has 0 atom stereocenters. The number of rotatable bonds is 6. The van der Waals surface area contributed by atoms with E-state index in [-0.39, 0.29) is 5.91 Å². The number of amides is 1. The first-order valence-electron chi connectivity index (χ1n) is 8.88. The highest BCUT2D eigenvalue weighted by Gasteiger charge is 2.19. The zero-order chi connectivity index (χ0) is 19.1. The van der Waals surface area contributed by atoms with Crippen LogP contribution in [0.4, 0.5) is 5.69 Å². The zero-order valence-electron chi connectivity index (χ0n) is 15.1. The molecule has 27 heavy (non-hydrogen) atoms. The molecule has 3 aromatic carbocycles. The van der Waals surface area contributed by atoms with Crippen molar-refractivity contribution in [3.05, 3.63) is 102 Å². The van der Waals surface area contributed by atoms with Gasteiger partial charge in [-0.25, -0.2) is 4.79 Å². The number of nitrogens with one attached hydrogen (secondary N) is 1. The molecule has 136 valence electrons. The molecule has 0 unspecified atom stereocenters. The molecule has 3 aromatic rings. The third-order valence-corrected chi connectivity index (χ3v) is 4.16. The first-order valence-corrected chi connectivity index (χ1v) is 8.88. The van der Waals surface area contributed by atoms with Gasteiger partial charge >= 0.3 is 5.97 Å². The highest BCUT2D eigenvalue weighted by Crippen LogP contribution is 2.27. The Balaban J connectivity index is 1.80. The van der Waals surface area contributed by atoms with Gasteiger partial charge in [0.2, 0.25) is 5.91 Å². The fourth-order valence-electron chi connectivity index (χ4n) is 2.70. The van der Waals surface area contributed by atoms with E-state index in [1.807, 2.05) is 60.7 Å². The third-order valence-electron chi connectivity index (χ3n) is 4.16. The lowest BCUT2D eigenvalue weighted by Crippen LogP contribution is -2.13. The van der Waals surface area contributed by atoms with Gasteiger partial charge in [0, 0.05) is 12.1 Å². The van der Waals surface area contributed by atoms with Gasteiger partial charge in [0.05, 0.1) is 5.56 Å². The first-order chi connectivity index (χ1) is 13.2. The number of hydrogen-bond acceptors (Lipinski definition) is 3. The molecule has 1 amide bonds. The summed E-state index contributed by atoms with van der Waals surface area (Å²) in [5.74, 6) is -0.486. The van der Waals surface area contributed by atoms with Crippen molar-refractivity contribution in [2.45, 2.75) is 19.4 Å². The quantitative estimate of drug-likeness (QED) is 0.632. The highest BCUT2D eigenvalue weighted by molar-refractivity contribution is 5.93. The Bertz CT molecular complexity index is 850. The minimum absolute atomic E-state index is 0.0708. The summed E-state index contributed by atoms with van der Waals surface area (Å²) >= 11 is 0. The van der Waals surface area contributed by atoms with E-state index < -0.39 is 12.1 Å². The van der Waals surface area contributed by atoms with Crippen LogP contribution in [0.1, 0.15) is 40.9 Å². The number of hydrogen-bond donors (Lipinski definition) is 1. The summed E-state index contributed by atoms with van der Waals surface area (Å²) in [5.41, 5.74) is 2.90. The number of anilines is 1. The van der Waals surface area contributed by atoms with Crippen molar-refractivity contribution in [1.82, 2.24) is 0 Å². The lowest BCUT2D eigenvalue weighted by atomic mass is 10.0. The van der Waals surface area contributed by atoms with Crippen LogP contribution in [0, 0.1) is 0 Å². The SMILES string of the molecule is CCC(=O)Nc1ccc(C(=O)OC(c2ccccc2)c2ccccc2)cc1. The predicted octanol–water partition coefficient (Wildman–Crippen LogP) is 4.98. The topological polar surface area (TPSA) is 55.4 Å². The molecule has 1 N–H and O–H groups in total. The zero-order valence-corrected chi connectivity index (χ0v) is 15.1. The van der Waals surface area contributed by atoms with E-state index in [1.54, 1.807) is 31.2 Å². The Hall–Kier alpha value is -3.40. The van der Waals surface area contributed by atoms with Crippen LogP contribution in [0.3, 0.4) is 0 Å². The maximum absolute atomic E-state index is 12.7. The summed E-state index contributed by atoms with van der Waals surface area (Å²) in [6.07, 6.45) is -0.0843. The minimum atomic E-state index is -0.487. The van der Waals surface area contributed by atoms with Crippen molar-refractivity contribution >= 4 is 17.6 Å². The van der Waals surface area contributed by atoms with E-state index in [9.17, 15) is 9.59 Å². The van der Waals surface area contributed by atoms with Crippen molar-refractivity contribution in [3.8, 4) is 0 Å². The molecule has 0 saturated heterocycles. The monoisotopic (exact) mass is 359 g/mol. The van der Waals surface area contributed by atoms with Crippen LogP contribution in [0.2, 0.25) is 0 Å². The predicted molar refractivity (Wildman–Crippen MR) is 106 cm³/mol. The molecule has 0 aliphatic rings. The van der Waals surface area contributed by atoms with Crippen molar-refractivity contribution in [3.63, 3.8) is 0 Å². The number of carbonyl (C=O) groups excluding carboxylic acids is 2. The molecule has 0 aliphatic carbocycles. The number of carbonyl (C=O) groups is 2. The van der Waals surface area contributed by atoms with Gasteiger partial charge in [0.1, 0.15) is 0 Å². The molecule has 4 nitrogen and oxygen atoms in total. The average molecular weight is 359 g/mol. The van der Waals surface area contributed by atoms with E-state index in [4.69, 9.17) is 4.74 Å². The van der Waals surface area contributed by atoms with E-state index in [0.717, 1.165) is 11.1 Å². The molecule has 0 aromatic heterocycles. The van der Waals surface area contributed by atoms with Crippen LogP contribution in [-0.2, 0) is 9.53 Å². The molecule has 0 radical (unpaired) electrons. The van der Waals surface area contributed by atoms with Crippen molar-refractivity contribution in [2.75, 3.05) is 5.32 Å². The number of ether oxygens (including phenoxy) is 1. The van der Waals surface area contributed by atoms with Gasteiger partial charge < -0.3 is 10.1 Å². The van der Waals surface area contributed by atoms with Gasteiger partial charge in [-0.2, -0.15) is 0 Å². The Labute approximate surface area is 158 Å². The van der Waals surface area contributed by atoms with Gasteiger partial charge in [-0.1, -0.05) is 67.6 Å². The lowest BCUT2D eigenvalue weighted by Gasteiger charge is -2.19. The fraction of sp³-hybridized carbons (Fsp3) is 0.130. The van der Waals surface area contributed by atoms with Crippen LogP contribution in [0.15, 0.2) is 84.9 Å². The number of benzene rings is 3. The Kier molecular flexibility index (Phi) is 6.00. The van der Waals surface area contributed by atoms with Crippen molar-refractivity contribution in [1.29, 1.82) is 0 Å². The Morgan fingerprint density at radius 1 is 0.815 bits per heavy atom.